The van der Waals surface area contributed by atoms with Crippen molar-refractivity contribution in [2.24, 2.45) is 10.9 Å². The van der Waals surface area contributed by atoms with Crippen molar-refractivity contribution >= 4 is 17.7 Å². The molecule has 0 radical (unpaired) electrons. The van der Waals surface area contributed by atoms with E-state index in [1.54, 1.807) is 6.92 Å². The SMILES string of the molecule is CCOC(=O)C1C(C)=NC(=O)NC1c1cccc(OC(F)(F)F)c1. The summed E-state index contributed by atoms with van der Waals surface area (Å²) in [6.07, 6.45) is -4.84. The van der Waals surface area contributed by atoms with Gasteiger partial charge >= 0.3 is 18.4 Å². The third-order valence-electron chi connectivity index (χ3n) is 3.33. The molecule has 0 spiro atoms. The Morgan fingerprint density at radius 1 is 1.38 bits per heavy atom. The number of urea groups is 1. The first-order valence-electron chi connectivity index (χ1n) is 7.09. The van der Waals surface area contributed by atoms with Gasteiger partial charge in [0.15, 0.2) is 0 Å². The van der Waals surface area contributed by atoms with E-state index in [1.165, 1.54) is 19.1 Å². The summed E-state index contributed by atoms with van der Waals surface area (Å²) in [6, 6.07) is 3.49. The largest absolute Gasteiger partial charge is 0.573 e. The molecule has 0 saturated heterocycles. The molecule has 9 heteroatoms. The third kappa shape index (κ3) is 4.24. The molecule has 1 aliphatic rings. The zero-order valence-corrected chi connectivity index (χ0v) is 12.9. The molecule has 1 aliphatic heterocycles. The van der Waals surface area contributed by atoms with Gasteiger partial charge in [-0.2, -0.15) is 0 Å². The lowest BCUT2D eigenvalue weighted by atomic mass is 9.88. The van der Waals surface area contributed by atoms with Crippen LogP contribution in [0.15, 0.2) is 29.3 Å². The summed E-state index contributed by atoms with van der Waals surface area (Å²) in [6.45, 7) is 3.24. The number of nitrogens with zero attached hydrogens (tertiary/aromatic N) is 1. The lowest BCUT2D eigenvalue weighted by Gasteiger charge is -2.29. The number of carbonyl (C=O) groups is 2. The second-order valence-electron chi connectivity index (χ2n) is 5.03. The van der Waals surface area contributed by atoms with Gasteiger partial charge in [-0.25, -0.2) is 9.79 Å². The van der Waals surface area contributed by atoms with Crippen LogP contribution in [0.5, 0.6) is 5.75 Å². The number of rotatable bonds is 4. The molecule has 0 bridgehead atoms. The molecule has 1 N–H and O–H groups in total. The molecular weight excluding hydrogens is 329 g/mol. The second kappa shape index (κ2) is 6.90. The highest BCUT2D eigenvalue weighted by Gasteiger charge is 2.38. The average molecular weight is 344 g/mol. The Morgan fingerprint density at radius 3 is 2.71 bits per heavy atom. The predicted octanol–water partition coefficient (Wildman–Crippen LogP) is 2.99. The van der Waals surface area contributed by atoms with Gasteiger partial charge in [0, 0.05) is 5.71 Å². The molecule has 1 heterocycles. The van der Waals surface area contributed by atoms with Crippen molar-refractivity contribution in [3.8, 4) is 5.75 Å². The number of hydrogen-bond acceptors (Lipinski definition) is 4. The summed E-state index contributed by atoms with van der Waals surface area (Å²) in [5.74, 6) is -1.99. The molecule has 0 fully saturated rings. The molecule has 0 saturated carbocycles. The minimum Gasteiger partial charge on any atom is -0.465 e. The lowest BCUT2D eigenvalue weighted by Crippen LogP contribution is -2.44. The topological polar surface area (TPSA) is 77.0 Å². The van der Waals surface area contributed by atoms with Crippen LogP contribution < -0.4 is 10.1 Å². The van der Waals surface area contributed by atoms with E-state index in [4.69, 9.17) is 4.74 Å². The molecule has 1 aromatic carbocycles. The maximum atomic E-state index is 12.4. The zero-order valence-electron chi connectivity index (χ0n) is 12.9. The van der Waals surface area contributed by atoms with Crippen LogP contribution in [0.1, 0.15) is 25.5 Å². The number of aliphatic imine (C=N–C) groups is 1. The highest BCUT2D eigenvalue weighted by atomic mass is 19.4. The average Bonchev–Trinajstić information content (AvgIpc) is 2.45. The van der Waals surface area contributed by atoms with Crippen molar-refractivity contribution in [2.75, 3.05) is 6.61 Å². The number of alkyl halides is 3. The standard InChI is InChI=1S/C15H15F3N2O4/c1-3-23-13(21)11-8(2)19-14(22)20-12(11)9-5-4-6-10(7-9)24-15(16,17)18/h4-7,11-12H,3H2,1-2H3,(H,20,22). The molecule has 1 aromatic rings. The molecule has 6 nitrogen and oxygen atoms in total. The van der Waals surface area contributed by atoms with Gasteiger partial charge in [-0.05, 0) is 31.5 Å². The van der Waals surface area contributed by atoms with E-state index in [2.05, 4.69) is 15.0 Å². The first-order chi connectivity index (χ1) is 11.2. The Bertz CT molecular complexity index is 673. The van der Waals surface area contributed by atoms with E-state index < -0.39 is 36.1 Å². The highest BCUT2D eigenvalue weighted by molar-refractivity contribution is 6.08. The maximum absolute atomic E-state index is 12.4. The van der Waals surface area contributed by atoms with Crippen LogP contribution in [0.2, 0.25) is 0 Å². The fourth-order valence-corrected chi connectivity index (χ4v) is 2.44. The number of esters is 1. The van der Waals surface area contributed by atoms with Crippen LogP contribution in [0, 0.1) is 5.92 Å². The van der Waals surface area contributed by atoms with Crippen molar-refractivity contribution in [3.05, 3.63) is 29.8 Å². The Kier molecular flexibility index (Phi) is 5.10. The first-order valence-corrected chi connectivity index (χ1v) is 7.09. The van der Waals surface area contributed by atoms with Crippen LogP contribution in [0.25, 0.3) is 0 Å². The molecule has 24 heavy (non-hydrogen) atoms. The number of benzene rings is 1. The lowest BCUT2D eigenvalue weighted by molar-refractivity contribution is -0.274. The minimum absolute atomic E-state index is 0.126. The Balaban J connectivity index is 2.37. The summed E-state index contributed by atoms with van der Waals surface area (Å²) in [5, 5.41) is 2.48. The number of halogens is 3. The zero-order chi connectivity index (χ0) is 17.9. The molecule has 2 amide bonds. The molecule has 0 aliphatic carbocycles. The van der Waals surface area contributed by atoms with Crippen LogP contribution in [0.3, 0.4) is 0 Å². The molecule has 2 unspecified atom stereocenters. The van der Waals surface area contributed by atoms with E-state index in [9.17, 15) is 22.8 Å². The quantitative estimate of drug-likeness (QED) is 0.852. The van der Waals surface area contributed by atoms with Gasteiger partial charge in [0.25, 0.3) is 0 Å². The van der Waals surface area contributed by atoms with Gasteiger partial charge in [-0.1, -0.05) is 12.1 Å². The number of carbonyl (C=O) groups excluding carboxylic acids is 2. The van der Waals surface area contributed by atoms with Crippen LogP contribution in [0.4, 0.5) is 18.0 Å². The minimum atomic E-state index is -4.84. The van der Waals surface area contributed by atoms with E-state index in [0.29, 0.717) is 0 Å². The number of nitrogens with one attached hydrogen (secondary N) is 1. The van der Waals surface area contributed by atoms with Gasteiger partial charge in [-0.15, -0.1) is 13.2 Å². The van der Waals surface area contributed by atoms with Gasteiger partial charge < -0.3 is 14.8 Å². The summed E-state index contributed by atoms with van der Waals surface area (Å²) in [5.41, 5.74) is 0.502. The van der Waals surface area contributed by atoms with Crippen molar-refractivity contribution in [2.45, 2.75) is 26.3 Å². The number of hydrogen-bond donors (Lipinski definition) is 1. The van der Waals surface area contributed by atoms with Crippen molar-refractivity contribution in [3.63, 3.8) is 0 Å². The van der Waals surface area contributed by atoms with Gasteiger partial charge in [0.05, 0.1) is 12.6 Å². The van der Waals surface area contributed by atoms with Gasteiger partial charge in [0.2, 0.25) is 0 Å². The van der Waals surface area contributed by atoms with E-state index in [0.717, 1.165) is 12.1 Å². The van der Waals surface area contributed by atoms with E-state index in [-0.39, 0.29) is 17.9 Å². The number of amides is 2. The highest BCUT2D eigenvalue weighted by Crippen LogP contribution is 2.31. The summed E-state index contributed by atoms with van der Waals surface area (Å²) in [7, 11) is 0. The summed E-state index contributed by atoms with van der Waals surface area (Å²) >= 11 is 0. The number of ether oxygens (including phenoxy) is 2. The van der Waals surface area contributed by atoms with Crippen LogP contribution in [-0.2, 0) is 9.53 Å². The van der Waals surface area contributed by atoms with Gasteiger partial charge in [0.1, 0.15) is 11.7 Å². The smallest absolute Gasteiger partial charge is 0.465 e. The van der Waals surface area contributed by atoms with Gasteiger partial charge in [-0.3, -0.25) is 4.79 Å². The van der Waals surface area contributed by atoms with E-state index >= 15 is 0 Å². The maximum Gasteiger partial charge on any atom is 0.573 e. The first kappa shape index (κ1) is 17.8. The van der Waals surface area contributed by atoms with E-state index in [1.807, 2.05) is 0 Å². The fraction of sp³-hybridized carbons (Fsp3) is 0.400. The predicted molar refractivity (Wildman–Crippen MR) is 77.6 cm³/mol. The van der Waals surface area contributed by atoms with Crippen molar-refractivity contribution in [1.82, 2.24) is 5.32 Å². The monoisotopic (exact) mass is 344 g/mol. The normalized spacial score (nSPS) is 20.9. The molecule has 130 valence electrons. The molecular formula is C15H15F3N2O4. The van der Waals surface area contributed by atoms with Crippen molar-refractivity contribution in [1.29, 1.82) is 0 Å². The third-order valence-corrected chi connectivity index (χ3v) is 3.33. The second-order valence-corrected chi connectivity index (χ2v) is 5.03. The summed E-state index contributed by atoms with van der Waals surface area (Å²) < 4.78 is 45.9. The van der Waals surface area contributed by atoms with Crippen LogP contribution in [-0.4, -0.2) is 30.7 Å². The van der Waals surface area contributed by atoms with Crippen LogP contribution >= 0.6 is 0 Å². The molecule has 0 aromatic heterocycles. The Morgan fingerprint density at radius 2 is 2.08 bits per heavy atom. The molecule has 2 atom stereocenters. The Hall–Kier alpha value is -2.58. The van der Waals surface area contributed by atoms with Crippen molar-refractivity contribution < 1.29 is 32.2 Å². The summed E-state index contributed by atoms with van der Waals surface area (Å²) in [4.78, 5) is 27.5. The Labute approximate surface area is 135 Å². The molecule has 2 rings (SSSR count). The fourth-order valence-electron chi connectivity index (χ4n) is 2.44.